The van der Waals surface area contributed by atoms with Gasteiger partial charge < -0.3 is 0 Å². The standard InChI is InChI=1S/C9H17N3S/c1-9(2,3)13-8-6-4-5-7(8)11-12-10/h7-8H,4-6H2,1-3H3/t7-,8-/m0/s1. The Bertz CT molecular complexity index is 215. The molecule has 0 N–H and O–H groups in total. The van der Waals surface area contributed by atoms with Crippen molar-refractivity contribution in [1.82, 2.24) is 0 Å². The molecule has 3 nitrogen and oxygen atoms in total. The van der Waals surface area contributed by atoms with E-state index in [1.807, 2.05) is 11.8 Å². The van der Waals surface area contributed by atoms with Crippen LogP contribution in [0.15, 0.2) is 5.11 Å². The highest BCUT2D eigenvalue weighted by Crippen LogP contribution is 2.38. The fourth-order valence-electron chi connectivity index (χ4n) is 1.70. The minimum absolute atomic E-state index is 0.231. The Morgan fingerprint density at radius 2 is 2.08 bits per heavy atom. The van der Waals surface area contributed by atoms with Gasteiger partial charge in [0.05, 0.1) is 0 Å². The van der Waals surface area contributed by atoms with E-state index < -0.39 is 0 Å². The molecule has 0 amide bonds. The second-order valence-corrected chi connectivity index (χ2v) is 6.54. The monoisotopic (exact) mass is 199 g/mol. The van der Waals surface area contributed by atoms with Gasteiger partial charge in [-0.15, -0.1) is 0 Å². The van der Waals surface area contributed by atoms with Crippen molar-refractivity contribution in [2.75, 3.05) is 0 Å². The van der Waals surface area contributed by atoms with Gasteiger partial charge in [-0.05, 0) is 18.4 Å². The molecule has 0 aliphatic heterocycles. The van der Waals surface area contributed by atoms with Crippen LogP contribution in [-0.4, -0.2) is 16.0 Å². The SMILES string of the molecule is CC(C)(C)S[C@H]1CCC[C@@H]1N=[N+]=[N-]. The number of thioether (sulfide) groups is 1. The Morgan fingerprint density at radius 1 is 1.38 bits per heavy atom. The molecule has 0 aromatic rings. The molecule has 1 aliphatic rings. The largest absolute Gasteiger partial charge is 0.152 e. The fraction of sp³-hybridized carbons (Fsp3) is 1.00. The molecule has 0 heterocycles. The van der Waals surface area contributed by atoms with Gasteiger partial charge in [0.2, 0.25) is 0 Å². The maximum Gasteiger partial charge on any atom is 0.0493 e. The number of rotatable bonds is 2. The normalized spacial score (nSPS) is 28.5. The van der Waals surface area contributed by atoms with Gasteiger partial charge in [0.1, 0.15) is 0 Å². The summed E-state index contributed by atoms with van der Waals surface area (Å²) in [6.45, 7) is 6.63. The van der Waals surface area contributed by atoms with E-state index in [0.717, 1.165) is 6.42 Å². The molecule has 0 aromatic heterocycles. The molecule has 0 spiro atoms. The molecule has 2 atom stereocenters. The highest BCUT2D eigenvalue weighted by atomic mass is 32.2. The minimum Gasteiger partial charge on any atom is -0.152 e. The Hall–Kier alpha value is -0.340. The van der Waals surface area contributed by atoms with Gasteiger partial charge >= 0.3 is 0 Å². The van der Waals surface area contributed by atoms with E-state index in [0.29, 0.717) is 5.25 Å². The van der Waals surface area contributed by atoms with Gasteiger partial charge in [0.25, 0.3) is 0 Å². The third-order valence-corrected chi connectivity index (χ3v) is 3.68. The maximum atomic E-state index is 8.39. The zero-order chi connectivity index (χ0) is 9.90. The summed E-state index contributed by atoms with van der Waals surface area (Å²) >= 11 is 1.95. The summed E-state index contributed by atoms with van der Waals surface area (Å²) in [7, 11) is 0. The summed E-state index contributed by atoms with van der Waals surface area (Å²) < 4.78 is 0.276. The van der Waals surface area contributed by atoms with Crippen LogP contribution in [0.2, 0.25) is 0 Å². The molecule has 0 unspecified atom stereocenters. The first-order valence-electron chi connectivity index (χ1n) is 4.75. The molecule has 0 radical (unpaired) electrons. The predicted molar refractivity (Wildman–Crippen MR) is 57.9 cm³/mol. The number of hydrogen-bond acceptors (Lipinski definition) is 2. The first-order valence-corrected chi connectivity index (χ1v) is 5.63. The first-order chi connectivity index (χ1) is 6.03. The molecule has 0 saturated heterocycles. The van der Waals surface area contributed by atoms with Crippen LogP contribution in [0.1, 0.15) is 40.0 Å². The van der Waals surface area contributed by atoms with Crippen LogP contribution in [0.25, 0.3) is 10.4 Å². The second-order valence-electron chi connectivity index (χ2n) is 4.47. The molecule has 13 heavy (non-hydrogen) atoms. The molecule has 1 saturated carbocycles. The fourth-order valence-corrected chi connectivity index (χ4v) is 3.24. The molecular formula is C9H17N3S. The van der Waals surface area contributed by atoms with Crippen molar-refractivity contribution in [2.45, 2.75) is 56.1 Å². The van der Waals surface area contributed by atoms with E-state index in [1.54, 1.807) is 0 Å². The summed E-state index contributed by atoms with van der Waals surface area (Å²) in [5.74, 6) is 0. The van der Waals surface area contributed by atoms with Gasteiger partial charge in [-0.25, -0.2) is 0 Å². The highest BCUT2D eigenvalue weighted by Gasteiger charge is 2.30. The summed E-state index contributed by atoms with van der Waals surface area (Å²) in [5, 5.41) is 4.39. The van der Waals surface area contributed by atoms with Crippen LogP contribution in [0.3, 0.4) is 0 Å². The van der Waals surface area contributed by atoms with E-state index in [4.69, 9.17) is 5.53 Å². The molecule has 4 heteroatoms. The topological polar surface area (TPSA) is 48.8 Å². The molecule has 1 aliphatic carbocycles. The summed E-state index contributed by atoms with van der Waals surface area (Å²) in [4.78, 5) is 2.91. The van der Waals surface area contributed by atoms with Crippen LogP contribution >= 0.6 is 11.8 Å². The van der Waals surface area contributed by atoms with Crippen LogP contribution in [0, 0.1) is 0 Å². The minimum atomic E-state index is 0.231. The van der Waals surface area contributed by atoms with Gasteiger partial charge in [-0.1, -0.05) is 32.3 Å². The van der Waals surface area contributed by atoms with Crippen molar-refractivity contribution in [2.24, 2.45) is 5.11 Å². The Morgan fingerprint density at radius 3 is 2.62 bits per heavy atom. The third kappa shape index (κ3) is 3.49. The number of hydrogen-bond donors (Lipinski definition) is 0. The lowest BCUT2D eigenvalue weighted by Crippen LogP contribution is -2.21. The van der Waals surface area contributed by atoms with Gasteiger partial charge in [0, 0.05) is 21.0 Å². The Balaban J connectivity index is 2.53. The molecule has 0 aromatic carbocycles. The van der Waals surface area contributed by atoms with Crippen LogP contribution in [-0.2, 0) is 0 Å². The number of nitrogens with zero attached hydrogens (tertiary/aromatic N) is 3. The van der Waals surface area contributed by atoms with Crippen LogP contribution in [0.5, 0.6) is 0 Å². The maximum absolute atomic E-state index is 8.39. The van der Waals surface area contributed by atoms with Crippen molar-refractivity contribution in [3.8, 4) is 0 Å². The summed E-state index contributed by atoms with van der Waals surface area (Å²) in [6, 6.07) is 0.231. The van der Waals surface area contributed by atoms with Crippen LogP contribution in [0.4, 0.5) is 0 Å². The zero-order valence-corrected chi connectivity index (χ0v) is 9.34. The number of azide groups is 1. The molecule has 1 rings (SSSR count). The molecule has 1 fully saturated rings. The first kappa shape index (κ1) is 10.7. The highest BCUT2D eigenvalue weighted by molar-refractivity contribution is 8.01. The van der Waals surface area contributed by atoms with E-state index in [-0.39, 0.29) is 10.8 Å². The van der Waals surface area contributed by atoms with E-state index in [9.17, 15) is 0 Å². The van der Waals surface area contributed by atoms with E-state index in [2.05, 4.69) is 30.8 Å². The van der Waals surface area contributed by atoms with E-state index >= 15 is 0 Å². The average molecular weight is 199 g/mol. The lowest BCUT2D eigenvalue weighted by Gasteiger charge is -2.24. The quantitative estimate of drug-likeness (QED) is 0.379. The zero-order valence-electron chi connectivity index (χ0n) is 8.53. The van der Waals surface area contributed by atoms with Crippen molar-refractivity contribution < 1.29 is 0 Å². The van der Waals surface area contributed by atoms with E-state index in [1.165, 1.54) is 12.8 Å². The smallest absolute Gasteiger partial charge is 0.0493 e. The van der Waals surface area contributed by atoms with Gasteiger partial charge in [-0.3, -0.25) is 0 Å². The molecule has 0 bridgehead atoms. The lowest BCUT2D eigenvalue weighted by atomic mass is 10.2. The van der Waals surface area contributed by atoms with Crippen molar-refractivity contribution >= 4 is 11.8 Å². The molecule has 74 valence electrons. The summed E-state index contributed by atoms with van der Waals surface area (Å²) in [6.07, 6.45) is 3.47. The van der Waals surface area contributed by atoms with Crippen molar-refractivity contribution in [3.05, 3.63) is 10.4 Å². The van der Waals surface area contributed by atoms with Crippen molar-refractivity contribution in [1.29, 1.82) is 0 Å². The van der Waals surface area contributed by atoms with Crippen LogP contribution < -0.4 is 0 Å². The Kier molecular flexibility index (Phi) is 3.51. The van der Waals surface area contributed by atoms with Gasteiger partial charge in [-0.2, -0.15) is 11.8 Å². The average Bonchev–Trinajstić information content (AvgIpc) is 2.34. The lowest BCUT2D eigenvalue weighted by molar-refractivity contribution is 0.697. The third-order valence-electron chi connectivity index (χ3n) is 2.12. The molecular weight excluding hydrogens is 182 g/mol. The van der Waals surface area contributed by atoms with Crippen molar-refractivity contribution in [3.63, 3.8) is 0 Å². The Labute approximate surface area is 83.9 Å². The van der Waals surface area contributed by atoms with Gasteiger partial charge in [0.15, 0.2) is 0 Å². The predicted octanol–water partition coefficient (Wildman–Crippen LogP) is 3.75. The summed E-state index contributed by atoms with van der Waals surface area (Å²) in [5.41, 5.74) is 8.39. The second kappa shape index (κ2) is 4.25.